The second-order valence-corrected chi connectivity index (χ2v) is 10.0. The van der Waals surface area contributed by atoms with Gasteiger partial charge in [0, 0.05) is 5.69 Å². The Balaban J connectivity index is 1.48. The molecule has 0 saturated heterocycles. The predicted octanol–water partition coefficient (Wildman–Crippen LogP) is 3.08. The summed E-state index contributed by atoms with van der Waals surface area (Å²) < 4.78 is 36.9. The van der Waals surface area contributed by atoms with E-state index < -0.39 is 22.1 Å². The van der Waals surface area contributed by atoms with Crippen LogP contribution < -0.4 is 15.2 Å². The SMILES string of the molecule is CC1CCc2c1cc1c(c2NC(=O)N=S(N)(=O)c2cnn3c2OCC(F)C3)CCC1. The van der Waals surface area contributed by atoms with Gasteiger partial charge in [-0.25, -0.2) is 23.2 Å². The Kier molecular flexibility index (Phi) is 4.59. The predicted molar refractivity (Wildman–Crippen MR) is 110 cm³/mol. The highest BCUT2D eigenvalue weighted by Gasteiger charge is 2.30. The summed E-state index contributed by atoms with van der Waals surface area (Å²) in [5.74, 6) is 0.552. The molecule has 0 bridgehead atoms. The van der Waals surface area contributed by atoms with Gasteiger partial charge in [-0.15, -0.1) is 4.36 Å². The maximum atomic E-state index is 13.5. The van der Waals surface area contributed by atoms with Crippen molar-refractivity contribution in [3.63, 3.8) is 0 Å². The number of anilines is 1. The van der Waals surface area contributed by atoms with E-state index in [1.54, 1.807) is 0 Å². The molecule has 3 unspecified atom stereocenters. The third-order valence-corrected chi connectivity index (χ3v) is 7.54. The van der Waals surface area contributed by atoms with Crippen molar-refractivity contribution in [2.45, 2.75) is 62.6 Å². The number of fused-ring (bicyclic) bond motifs is 3. The molecule has 160 valence electrons. The number of carbonyl (C=O) groups is 1. The number of hydrogen-bond donors (Lipinski definition) is 2. The van der Waals surface area contributed by atoms with Gasteiger partial charge in [0.25, 0.3) is 0 Å². The van der Waals surface area contributed by atoms with Crippen LogP contribution in [0.5, 0.6) is 5.88 Å². The molecule has 0 saturated carbocycles. The van der Waals surface area contributed by atoms with E-state index in [2.05, 4.69) is 27.8 Å². The first kappa shape index (κ1) is 19.5. The summed E-state index contributed by atoms with van der Waals surface area (Å²) in [4.78, 5) is 12.8. The van der Waals surface area contributed by atoms with Gasteiger partial charge in [0.15, 0.2) is 16.1 Å². The van der Waals surface area contributed by atoms with Crippen LogP contribution in [-0.2, 0) is 35.7 Å². The second-order valence-electron chi connectivity index (χ2n) is 8.24. The molecule has 2 amide bonds. The van der Waals surface area contributed by atoms with Gasteiger partial charge in [0.1, 0.15) is 11.5 Å². The van der Waals surface area contributed by atoms with Crippen molar-refractivity contribution < 1.29 is 18.1 Å². The Morgan fingerprint density at radius 2 is 2.23 bits per heavy atom. The Morgan fingerprint density at radius 1 is 1.40 bits per heavy atom. The van der Waals surface area contributed by atoms with Crippen LogP contribution in [0.2, 0.25) is 0 Å². The Morgan fingerprint density at radius 3 is 3.07 bits per heavy atom. The van der Waals surface area contributed by atoms with E-state index in [0.717, 1.165) is 48.9 Å². The molecule has 2 heterocycles. The molecule has 1 aliphatic heterocycles. The number of amides is 2. The lowest BCUT2D eigenvalue weighted by Crippen LogP contribution is -2.28. The number of aromatic nitrogens is 2. The summed E-state index contributed by atoms with van der Waals surface area (Å²) in [7, 11) is -3.60. The third-order valence-electron chi connectivity index (χ3n) is 6.20. The third kappa shape index (κ3) is 3.18. The standard InChI is InChI=1S/C20H24FN5O3S/c1-11-5-6-15-16(11)7-12-3-2-4-14(12)18(15)24-20(27)25-30(22,28)17-8-23-26-9-13(21)10-29-19(17)26/h7-8,11,13H,2-6,9-10H2,1H3,(H3,22,24,25,27,28). The van der Waals surface area contributed by atoms with E-state index in [9.17, 15) is 13.4 Å². The van der Waals surface area contributed by atoms with E-state index in [1.165, 1.54) is 22.0 Å². The molecular weight excluding hydrogens is 409 g/mol. The van der Waals surface area contributed by atoms with Crippen molar-refractivity contribution in [2.24, 2.45) is 9.50 Å². The number of benzene rings is 1. The fraction of sp³-hybridized carbons (Fsp3) is 0.500. The number of alkyl halides is 1. The smallest absolute Gasteiger partial charge is 0.354 e. The summed E-state index contributed by atoms with van der Waals surface area (Å²) in [6.45, 7) is 2.00. The lowest BCUT2D eigenvalue weighted by atomic mass is 9.96. The molecular formula is C20H24FN5O3S. The highest BCUT2D eigenvalue weighted by atomic mass is 32.2. The molecule has 3 atom stereocenters. The minimum absolute atomic E-state index is 0.00157. The van der Waals surface area contributed by atoms with Crippen LogP contribution in [0.3, 0.4) is 0 Å². The zero-order chi connectivity index (χ0) is 21.0. The van der Waals surface area contributed by atoms with E-state index in [1.807, 2.05) is 0 Å². The fourth-order valence-corrected chi connectivity index (χ4v) is 5.74. The Hall–Kier alpha value is -2.46. The van der Waals surface area contributed by atoms with Gasteiger partial charge in [-0.1, -0.05) is 13.0 Å². The molecule has 1 aromatic carbocycles. The number of aryl methyl sites for hydroxylation is 1. The molecule has 5 rings (SSSR count). The molecule has 0 fully saturated rings. The van der Waals surface area contributed by atoms with Crippen molar-refractivity contribution in [3.05, 3.63) is 34.5 Å². The maximum Gasteiger partial charge on any atom is 0.354 e. The van der Waals surface area contributed by atoms with E-state index in [4.69, 9.17) is 9.88 Å². The summed E-state index contributed by atoms with van der Waals surface area (Å²) in [5, 5.41) is 12.8. The maximum absolute atomic E-state index is 13.5. The normalized spacial score (nSPS) is 23.7. The number of carbonyl (C=O) groups excluding carboxylic acids is 1. The largest absolute Gasteiger partial charge is 0.474 e. The number of nitrogens with zero attached hydrogens (tertiary/aromatic N) is 3. The number of nitrogens with one attached hydrogen (secondary N) is 1. The van der Waals surface area contributed by atoms with Crippen LogP contribution in [0, 0.1) is 0 Å². The van der Waals surface area contributed by atoms with Crippen molar-refractivity contribution in [3.8, 4) is 5.88 Å². The highest BCUT2D eigenvalue weighted by Crippen LogP contribution is 2.43. The molecule has 30 heavy (non-hydrogen) atoms. The van der Waals surface area contributed by atoms with Gasteiger partial charge in [0.2, 0.25) is 5.88 Å². The fourth-order valence-electron chi connectivity index (χ4n) is 4.73. The molecule has 2 aromatic rings. The van der Waals surface area contributed by atoms with Gasteiger partial charge >= 0.3 is 6.03 Å². The van der Waals surface area contributed by atoms with Crippen LogP contribution >= 0.6 is 0 Å². The van der Waals surface area contributed by atoms with Crippen molar-refractivity contribution in [2.75, 3.05) is 11.9 Å². The summed E-state index contributed by atoms with van der Waals surface area (Å²) in [5.41, 5.74) is 5.65. The van der Waals surface area contributed by atoms with E-state index in [0.29, 0.717) is 5.92 Å². The molecule has 0 radical (unpaired) electrons. The summed E-state index contributed by atoms with van der Waals surface area (Å²) >= 11 is 0. The van der Waals surface area contributed by atoms with Crippen LogP contribution in [0.1, 0.15) is 47.9 Å². The average molecular weight is 434 g/mol. The molecule has 2 aliphatic carbocycles. The number of halogens is 1. The molecule has 1 aromatic heterocycles. The van der Waals surface area contributed by atoms with E-state index in [-0.39, 0.29) is 23.9 Å². The minimum Gasteiger partial charge on any atom is -0.474 e. The topological polar surface area (TPSA) is 112 Å². The Bertz CT molecular complexity index is 1170. The van der Waals surface area contributed by atoms with Gasteiger partial charge in [-0.05, 0) is 60.3 Å². The lowest BCUT2D eigenvalue weighted by molar-refractivity contribution is 0.122. The van der Waals surface area contributed by atoms with Crippen LogP contribution in [-0.4, -0.2) is 32.8 Å². The molecule has 3 aliphatic rings. The first-order chi connectivity index (χ1) is 14.3. The van der Waals surface area contributed by atoms with Crippen LogP contribution in [0.25, 0.3) is 0 Å². The highest BCUT2D eigenvalue weighted by molar-refractivity contribution is 7.91. The average Bonchev–Trinajstić information content (AvgIpc) is 3.40. The number of nitrogens with two attached hydrogens (primary N) is 1. The van der Waals surface area contributed by atoms with Gasteiger partial charge in [-0.3, -0.25) is 0 Å². The summed E-state index contributed by atoms with van der Waals surface area (Å²) in [6, 6.07) is 1.52. The zero-order valence-corrected chi connectivity index (χ0v) is 17.5. The lowest BCUT2D eigenvalue weighted by Gasteiger charge is -2.19. The van der Waals surface area contributed by atoms with E-state index >= 15 is 0 Å². The van der Waals surface area contributed by atoms with Crippen molar-refractivity contribution in [1.29, 1.82) is 0 Å². The Labute approximate surface area is 174 Å². The van der Waals surface area contributed by atoms with Gasteiger partial charge in [0.05, 0.1) is 12.7 Å². The first-order valence-corrected chi connectivity index (χ1v) is 11.8. The van der Waals surface area contributed by atoms with Crippen molar-refractivity contribution in [1.82, 2.24) is 9.78 Å². The zero-order valence-electron chi connectivity index (χ0n) is 16.7. The molecule has 10 heteroatoms. The van der Waals surface area contributed by atoms with Crippen LogP contribution in [0.4, 0.5) is 14.9 Å². The van der Waals surface area contributed by atoms with Crippen molar-refractivity contribution >= 4 is 21.6 Å². The van der Waals surface area contributed by atoms with Crippen LogP contribution in [0.15, 0.2) is 21.5 Å². The van der Waals surface area contributed by atoms with Gasteiger partial charge < -0.3 is 10.1 Å². The second kappa shape index (κ2) is 7.05. The number of rotatable bonds is 2. The first-order valence-electron chi connectivity index (χ1n) is 10.2. The molecule has 8 nitrogen and oxygen atoms in total. The number of urea groups is 1. The number of ether oxygens (including phenoxy) is 1. The monoisotopic (exact) mass is 433 g/mol. The quantitative estimate of drug-likeness (QED) is 0.758. The molecule has 3 N–H and O–H groups in total. The number of hydrogen-bond acceptors (Lipinski definition) is 4. The minimum atomic E-state index is -3.60. The molecule has 0 spiro atoms. The summed E-state index contributed by atoms with van der Waals surface area (Å²) in [6.07, 6.45) is 4.91. The van der Waals surface area contributed by atoms with Gasteiger partial charge in [-0.2, -0.15) is 5.10 Å².